The van der Waals surface area contributed by atoms with E-state index in [0.29, 0.717) is 19.2 Å². The number of hydrogen-bond donors (Lipinski definition) is 3. The predicted octanol–water partition coefficient (Wildman–Crippen LogP) is 2.08. The van der Waals surface area contributed by atoms with Crippen molar-refractivity contribution in [3.63, 3.8) is 0 Å². The normalized spacial score (nSPS) is 13.0. The first-order chi connectivity index (χ1) is 11.9. The minimum Gasteiger partial charge on any atom is -0.383 e. The molecule has 1 atom stereocenters. The molecule has 1 unspecified atom stereocenters. The fourth-order valence-corrected chi connectivity index (χ4v) is 3.08. The van der Waals surface area contributed by atoms with Crippen LogP contribution in [0, 0.1) is 0 Å². The van der Waals surface area contributed by atoms with Crippen molar-refractivity contribution >= 4 is 40.0 Å². The number of sulfonamides is 1. The van der Waals surface area contributed by atoms with E-state index in [1.165, 1.54) is 7.11 Å². The van der Waals surface area contributed by atoms with Crippen LogP contribution in [0.3, 0.4) is 0 Å². The van der Waals surface area contributed by atoms with Crippen LogP contribution < -0.4 is 15.4 Å². The molecular weight excluding hydrogens is 467 g/mol. The predicted molar refractivity (Wildman–Crippen MR) is 117 cm³/mol. The molecule has 1 aromatic rings. The Kier molecular flexibility index (Phi) is 12.8. The van der Waals surface area contributed by atoms with Gasteiger partial charge in [0.15, 0.2) is 5.96 Å². The van der Waals surface area contributed by atoms with Gasteiger partial charge in [0.05, 0.1) is 18.0 Å². The third kappa shape index (κ3) is 9.15. The molecule has 0 aliphatic rings. The van der Waals surface area contributed by atoms with Gasteiger partial charge in [-0.2, -0.15) is 0 Å². The van der Waals surface area contributed by atoms with Gasteiger partial charge in [0, 0.05) is 26.2 Å². The smallest absolute Gasteiger partial charge is 0.240 e. The standard InChI is InChI=1S/C17H30N4O3S.HI/c1-5-14(3)21-17(18-6-2)19-13-15-8-7-9-16(12-15)25(22,23)20-10-11-24-4;/h7-9,12,14,20H,5-6,10-11,13H2,1-4H3,(H2,18,19,21);1H. The summed E-state index contributed by atoms with van der Waals surface area (Å²) >= 11 is 0. The van der Waals surface area contributed by atoms with Crippen LogP contribution >= 0.6 is 24.0 Å². The van der Waals surface area contributed by atoms with Crippen molar-refractivity contribution in [2.75, 3.05) is 26.8 Å². The molecule has 0 saturated heterocycles. The lowest BCUT2D eigenvalue weighted by atomic mass is 10.2. The van der Waals surface area contributed by atoms with E-state index in [9.17, 15) is 8.42 Å². The Morgan fingerprint density at radius 1 is 1.31 bits per heavy atom. The summed E-state index contributed by atoms with van der Waals surface area (Å²) in [6.45, 7) is 7.93. The lowest BCUT2D eigenvalue weighted by Gasteiger charge is -2.16. The Hall–Kier alpha value is -0.910. The molecule has 3 N–H and O–H groups in total. The van der Waals surface area contributed by atoms with Gasteiger partial charge in [-0.25, -0.2) is 18.1 Å². The first-order valence-electron chi connectivity index (χ1n) is 8.55. The number of nitrogens with zero attached hydrogens (tertiary/aromatic N) is 1. The highest BCUT2D eigenvalue weighted by atomic mass is 127. The molecule has 0 aliphatic heterocycles. The van der Waals surface area contributed by atoms with E-state index in [4.69, 9.17) is 4.74 Å². The third-order valence-corrected chi connectivity index (χ3v) is 5.03. The maximum absolute atomic E-state index is 12.3. The van der Waals surface area contributed by atoms with Crippen molar-refractivity contribution in [1.82, 2.24) is 15.4 Å². The SMILES string of the molecule is CCNC(=NCc1cccc(S(=O)(=O)NCCOC)c1)NC(C)CC.I. The topological polar surface area (TPSA) is 91.8 Å². The van der Waals surface area contributed by atoms with Crippen LogP contribution in [0.1, 0.15) is 32.8 Å². The van der Waals surface area contributed by atoms with E-state index in [-0.39, 0.29) is 35.4 Å². The zero-order chi connectivity index (χ0) is 18.7. The Labute approximate surface area is 174 Å². The zero-order valence-corrected chi connectivity index (χ0v) is 19.1. The van der Waals surface area contributed by atoms with Gasteiger partial charge < -0.3 is 15.4 Å². The van der Waals surface area contributed by atoms with Gasteiger partial charge in [-0.1, -0.05) is 19.1 Å². The minimum absolute atomic E-state index is 0. The number of benzene rings is 1. The first kappa shape index (κ1) is 25.1. The Morgan fingerprint density at radius 3 is 2.65 bits per heavy atom. The molecule has 0 fully saturated rings. The maximum atomic E-state index is 12.3. The first-order valence-corrected chi connectivity index (χ1v) is 10.0. The monoisotopic (exact) mass is 498 g/mol. The number of nitrogens with one attached hydrogen (secondary N) is 3. The molecule has 1 rings (SSSR count). The van der Waals surface area contributed by atoms with Crippen molar-refractivity contribution in [2.45, 2.75) is 44.7 Å². The summed E-state index contributed by atoms with van der Waals surface area (Å²) in [5, 5.41) is 6.50. The van der Waals surface area contributed by atoms with Crippen LogP contribution in [0.15, 0.2) is 34.2 Å². The molecule has 0 heterocycles. The molecule has 7 nitrogen and oxygen atoms in total. The molecule has 26 heavy (non-hydrogen) atoms. The number of guanidine groups is 1. The molecule has 0 aliphatic carbocycles. The van der Waals surface area contributed by atoms with Gasteiger partial charge >= 0.3 is 0 Å². The van der Waals surface area contributed by atoms with E-state index in [2.05, 4.69) is 34.2 Å². The molecule has 1 aromatic carbocycles. The van der Waals surface area contributed by atoms with Gasteiger partial charge in [-0.15, -0.1) is 24.0 Å². The Morgan fingerprint density at radius 2 is 2.04 bits per heavy atom. The minimum atomic E-state index is -3.54. The Bertz CT molecular complexity index is 653. The summed E-state index contributed by atoms with van der Waals surface area (Å²) in [6, 6.07) is 7.13. The fraction of sp³-hybridized carbons (Fsp3) is 0.588. The summed E-state index contributed by atoms with van der Waals surface area (Å²) < 4.78 is 31.9. The number of ether oxygens (including phenoxy) is 1. The number of halogens is 1. The lowest BCUT2D eigenvalue weighted by Crippen LogP contribution is -2.41. The van der Waals surface area contributed by atoms with E-state index in [0.717, 1.165) is 24.5 Å². The Balaban J connectivity index is 0.00000625. The number of hydrogen-bond acceptors (Lipinski definition) is 4. The van der Waals surface area contributed by atoms with E-state index < -0.39 is 10.0 Å². The van der Waals surface area contributed by atoms with Crippen molar-refractivity contribution in [2.24, 2.45) is 4.99 Å². The number of methoxy groups -OCH3 is 1. The van der Waals surface area contributed by atoms with Crippen LogP contribution in [0.4, 0.5) is 0 Å². The van der Waals surface area contributed by atoms with Crippen molar-refractivity contribution < 1.29 is 13.2 Å². The molecular formula is C17H31IN4O3S. The molecule has 9 heteroatoms. The molecule has 0 spiro atoms. The van der Waals surface area contributed by atoms with Gasteiger partial charge in [-0.05, 0) is 38.0 Å². The van der Waals surface area contributed by atoms with Crippen LogP contribution in [0.5, 0.6) is 0 Å². The largest absolute Gasteiger partial charge is 0.383 e. The highest BCUT2D eigenvalue weighted by molar-refractivity contribution is 14.0. The quantitative estimate of drug-likeness (QED) is 0.199. The average Bonchev–Trinajstić information content (AvgIpc) is 2.60. The maximum Gasteiger partial charge on any atom is 0.240 e. The second kappa shape index (κ2) is 13.3. The van der Waals surface area contributed by atoms with Crippen LogP contribution in [0.25, 0.3) is 0 Å². The number of aliphatic imine (C=N–C) groups is 1. The second-order valence-corrected chi connectivity index (χ2v) is 7.45. The molecule has 0 amide bonds. The summed E-state index contributed by atoms with van der Waals surface area (Å²) in [4.78, 5) is 4.76. The lowest BCUT2D eigenvalue weighted by molar-refractivity contribution is 0.204. The highest BCUT2D eigenvalue weighted by Gasteiger charge is 2.13. The summed E-state index contributed by atoms with van der Waals surface area (Å²) in [7, 11) is -2.01. The average molecular weight is 498 g/mol. The van der Waals surface area contributed by atoms with E-state index in [1.807, 2.05) is 13.0 Å². The second-order valence-electron chi connectivity index (χ2n) is 5.69. The van der Waals surface area contributed by atoms with Crippen LogP contribution in [-0.2, 0) is 21.3 Å². The summed E-state index contributed by atoms with van der Waals surface area (Å²) in [5.74, 6) is 0.725. The van der Waals surface area contributed by atoms with Crippen LogP contribution in [-0.4, -0.2) is 47.2 Å². The van der Waals surface area contributed by atoms with Gasteiger partial charge in [0.25, 0.3) is 0 Å². The summed E-state index contributed by atoms with van der Waals surface area (Å²) in [5.41, 5.74) is 0.830. The van der Waals surface area contributed by atoms with Gasteiger partial charge in [0.2, 0.25) is 10.0 Å². The highest BCUT2D eigenvalue weighted by Crippen LogP contribution is 2.12. The van der Waals surface area contributed by atoms with E-state index in [1.54, 1.807) is 18.2 Å². The molecule has 0 bridgehead atoms. The van der Waals surface area contributed by atoms with Crippen molar-refractivity contribution in [3.8, 4) is 0 Å². The van der Waals surface area contributed by atoms with Crippen molar-refractivity contribution in [1.29, 1.82) is 0 Å². The molecule has 0 saturated carbocycles. The summed E-state index contributed by atoms with van der Waals surface area (Å²) in [6.07, 6.45) is 0.991. The molecule has 150 valence electrons. The fourth-order valence-electron chi connectivity index (χ4n) is 2.00. The third-order valence-electron chi connectivity index (χ3n) is 3.57. The van der Waals surface area contributed by atoms with Gasteiger partial charge in [0.1, 0.15) is 0 Å². The zero-order valence-electron chi connectivity index (χ0n) is 15.9. The molecule has 0 radical (unpaired) electrons. The van der Waals surface area contributed by atoms with Crippen LogP contribution in [0.2, 0.25) is 0 Å². The van der Waals surface area contributed by atoms with E-state index >= 15 is 0 Å². The number of rotatable bonds is 10. The van der Waals surface area contributed by atoms with Gasteiger partial charge in [-0.3, -0.25) is 0 Å². The van der Waals surface area contributed by atoms with Crippen molar-refractivity contribution in [3.05, 3.63) is 29.8 Å². The molecule has 0 aromatic heterocycles.